The molecule has 0 aliphatic rings. The topological polar surface area (TPSA) is 61.7 Å². The van der Waals surface area contributed by atoms with Crippen LogP contribution in [0.3, 0.4) is 0 Å². The van der Waals surface area contributed by atoms with Gasteiger partial charge in [-0.15, -0.1) is 0 Å². The Balaban J connectivity index is 3.09. The minimum atomic E-state index is -0.732. The van der Waals surface area contributed by atoms with Crippen LogP contribution in [0, 0.1) is 6.92 Å². The summed E-state index contributed by atoms with van der Waals surface area (Å²) in [5.41, 5.74) is 1.32. The summed E-state index contributed by atoms with van der Waals surface area (Å²) in [5, 5.41) is 22.4. The molecule has 0 heterocycles. The molecule has 0 saturated carbocycles. The standard InChI is InChI=1S/C11H17NO3/c1-7-4-5-8(9(13)6-12-2)10(14)11(7)15-3/h4-5,9,12-14H,6H2,1-3H3. The third kappa shape index (κ3) is 2.40. The Morgan fingerprint density at radius 2 is 2.13 bits per heavy atom. The van der Waals surface area contributed by atoms with Gasteiger partial charge in [0.15, 0.2) is 11.5 Å². The van der Waals surface area contributed by atoms with E-state index in [1.165, 1.54) is 7.11 Å². The number of methoxy groups -OCH3 is 1. The summed E-state index contributed by atoms with van der Waals surface area (Å²) < 4.78 is 5.06. The van der Waals surface area contributed by atoms with Crippen molar-refractivity contribution in [1.82, 2.24) is 5.32 Å². The number of hydrogen-bond donors (Lipinski definition) is 3. The number of phenolic OH excluding ortho intramolecular Hbond substituents is 1. The van der Waals surface area contributed by atoms with Gasteiger partial charge in [-0.1, -0.05) is 12.1 Å². The lowest BCUT2D eigenvalue weighted by Crippen LogP contribution is -2.16. The molecule has 0 spiro atoms. The van der Waals surface area contributed by atoms with Gasteiger partial charge in [-0.3, -0.25) is 0 Å². The number of phenols is 1. The average molecular weight is 211 g/mol. The molecule has 0 aliphatic heterocycles. The number of likely N-dealkylation sites (N-methyl/N-ethyl adjacent to an activating group) is 1. The number of aromatic hydroxyl groups is 1. The SMILES string of the molecule is CNCC(O)c1ccc(C)c(OC)c1O. The zero-order chi connectivity index (χ0) is 11.4. The van der Waals surface area contributed by atoms with Crippen LogP contribution in [0.2, 0.25) is 0 Å². The predicted molar refractivity (Wildman–Crippen MR) is 58.3 cm³/mol. The first-order valence-electron chi connectivity index (χ1n) is 4.81. The lowest BCUT2D eigenvalue weighted by molar-refractivity contribution is 0.173. The van der Waals surface area contributed by atoms with Crippen LogP contribution in [-0.2, 0) is 0 Å². The molecule has 0 bridgehead atoms. The number of nitrogens with one attached hydrogen (secondary N) is 1. The highest BCUT2D eigenvalue weighted by Gasteiger charge is 2.16. The molecule has 4 nitrogen and oxygen atoms in total. The third-order valence-electron chi connectivity index (χ3n) is 2.32. The molecule has 0 saturated heterocycles. The van der Waals surface area contributed by atoms with E-state index in [0.29, 0.717) is 17.9 Å². The van der Waals surface area contributed by atoms with Crippen molar-refractivity contribution in [2.45, 2.75) is 13.0 Å². The van der Waals surface area contributed by atoms with E-state index in [2.05, 4.69) is 5.32 Å². The van der Waals surface area contributed by atoms with Crippen LogP contribution >= 0.6 is 0 Å². The van der Waals surface area contributed by atoms with Crippen LogP contribution < -0.4 is 10.1 Å². The molecule has 4 heteroatoms. The van der Waals surface area contributed by atoms with E-state index in [-0.39, 0.29) is 5.75 Å². The minimum absolute atomic E-state index is 0.0141. The van der Waals surface area contributed by atoms with Gasteiger partial charge in [0.1, 0.15) is 0 Å². The zero-order valence-corrected chi connectivity index (χ0v) is 9.24. The lowest BCUT2D eigenvalue weighted by Gasteiger charge is -2.15. The number of ether oxygens (including phenoxy) is 1. The Kier molecular flexibility index (Phi) is 3.94. The summed E-state index contributed by atoms with van der Waals surface area (Å²) >= 11 is 0. The first-order chi connectivity index (χ1) is 7.11. The highest BCUT2D eigenvalue weighted by molar-refractivity contribution is 5.51. The molecule has 15 heavy (non-hydrogen) atoms. The van der Waals surface area contributed by atoms with Gasteiger partial charge in [0.05, 0.1) is 13.2 Å². The molecular weight excluding hydrogens is 194 g/mol. The van der Waals surface area contributed by atoms with Gasteiger partial charge in [0, 0.05) is 12.1 Å². The molecular formula is C11H17NO3. The Hall–Kier alpha value is -1.26. The number of aliphatic hydroxyl groups is 1. The van der Waals surface area contributed by atoms with E-state index in [9.17, 15) is 10.2 Å². The van der Waals surface area contributed by atoms with Crippen LogP contribution in [0.5, 0.6) is 11.5 Å². The van der Waals surface area contributed by atoms with Crippen molar-refractivity contribution >= 4 is 0 Å². The van der Waals surface area contributed by atoms with Crippen LogP contribution in [0.1, 0.15) is 17.2 Å². The van der Waals surface area contributed by atoms with Crippen molar-refractivity contribution in [3.8, 4) is 11.5 Å². The van der Waals surface area contributed by atoms with Crippen LogP contribution in [0.15, 0.2) is 12.1 Å². The number of rotatable bonds is 4. The fourth-order valence-corrected chi connectivity index (χ4v) is 1.52. The summed E-state index contributed by atoms with van der Waals surface area (Å²) in [6, 6.07) is 3.52. The molecule has 0 aliphatic carbocycles. The molecule has 0 aromatic heterocycles. The maximum Gasteiger partial charge on any atom is 0.163 e. The van der Waals surface area contributed by atoms with E-state index >= 15 is 0 Å². The molecule has 1 atom stereocenters. The quantitative estimate of drug-likeness (QED) is 0.694. The first-order valence-corrected chi connectivity index (χ1v) is 4.81. The molecule has 1 unspecified atom stereocenters. The van der Waals surface area contributed by atoms with Crippen molar-refractivity contribution in [2.75, 3.05) is 20.7 Å². The van der Waals surface area contributed by atoms with E-state index in [0.717, 1.165) is 5.56 Å². The second-order valence-corrected chi connectivity index (χ2v) is 3.43. The van der Waals surface area contributed by atoms with Crippen molar-refractivity contribution in [2.24, 2.45) is 0 Å². The summed E-state index contributed by atoms with van der Waals surface area (Å²) in [4.78, 5) is 0. The summed E-state index contributed by atoms with van der Waals surface area (Å²) in [6.45, 7) is 2.23. The summed E-state index contributed by atoms with van der Waals surface area (Å²) in [7, 11) is 3.24. The normalized spacial score (nSPS) is 12.5. The van der Waals surface area contributed by atoms with Crippen molar-refractivity contribution in [3.05, 3.63) is 23.3 Å². The van der Waals surface area contributed by atoms with Crippen molar-refractivity contribution < 1.29 is 14.9 Å². The molecule has 0 amide bonds. The maximum absolute atomic E-state index is 9.85. The maximum atomic E-state index is 9.85. The number of hydrogen-bond acceptors (Lipinski definition) is 4. The van der Waals surface area contributed by atoms with Gasteiger partial charge in [0.2, 0.25) is 0 Å². The Morgan fingerprint density at radius 1 is 1.47 bits per heavy atom. The van der Waals surface area contributed by atoms with Gasteiger partial charge < -0.3 is 20.3 Å². The molecule has 84 valence electrons. The highest BCUT2D eigenvalue weighted by Crippen LogP contribution is 2.36. The third-order valence-corrected chi connectivity index (χ3v) is 2.32. The fourth-order valence-electron chi connectivity index (χ4n) is 1.52. The average Bonchev–Trinajstić information content (AvgIpc) is 2.18. The molecule has 0 fully saturated rings. The van der Waals surface area contributed by atoms with E-state index < -0.39 is 6.10 Å². The fraction of sp³-hybridized carbons (Fsp3) is 0.455. The van der Waals surface area contributed by atoms with Crippen molar-refractivity contribution in [3.63, 3.8) is 0 Å². The molecule has 1 aromatic carbocycles. The highest BCUT2D eigenvalue weighted by atomic mass is 16.5. The van der Waals surface area contributed by atoms with Crippen LogP contribution in [-0.4, -0.2) is 30.9 Å². The predicted octanol–water partition coefficient (Wildman–Crippen LogP) is 0.962. The Morgan fingerprint density at radius 3 is 2.67 bits per heavy atom. The molecule has 3 N–H and O–H groups in total. The smallest absolute Gasteiger partial charge is 0.163 e. The van der Waals surface area contributed by atoms with Gasteiger partial charge >= 0.3 is 0 Å². The zero-order valence-electron chi connectivity index (χ0n) is 9.24. The van der Waals surface area contributed by atoms with Crippen LogP contribution in [0.25, 0.3) is 0 Å². The van der Waals surface area contributed by atoms with Crippen LogP contribution in [0.4, 0.5) is 0 Å². The van der Waals surface area contributed by atoms with Gasteiger partial charge in [-0.2, -0.15) is 0 Å². The summed E-state index contributed by atoms with van der Waals surface area (Å²) in [6.07, 6.45) is -0.732. The Labute approximate surface area is 89.5 Å². The largest absolute Gasteiger partial charge is 0.504 e. The van der Waals surface area contributed by atoms with Gasteiger partial charge in [-0.25, -0.2) is 0 Å². The molecule has 1 aromatic rings. The monoisotopic (exact) mass is 211 g/mol. The number of aryl methyl sites for hydroxylation is 1. The van der Waals surface area contributed by atoms with E-state index in [1.54, 1.807) is 13.1 Å². The number of benzene rings is 1. The van der Waals surface area contributed by atoms with Gasteiger partial charge in [0.25, 0.3) is 0 Å². The number of aliphatic hydroxyl groups excluding tert-OH is 1. The second-order valence-electron chi connectivity index (χ2n) is 3.43. The summed E-state index contributed by atoms with van der Waals surface area (Å²) in [5.74, 6) is 0.433. The van der Waals surface area contributed by atoms with Gasteiger partial charge in [-0.05, 0) is 19.5 Å². The Bertz CT molecular complexity index is 339. The minimum Gasteiger partial charge on any atom is -0.504 e. The lowest BCUT2D eigenvalue weighted by atomic mass is 10.0. The van der Waals surface area contributed by atoms with Crippen molar-refractivity contribution in [1.29, 1.82) is 0 Å². The first kappa shape index (κ1) is 11.8. The van der Waals surface area contributed by atoms with E-state index in [1.807, 2.05) is 13.0 Å². The molecule has 0 radical (unpaired) electrons. The molecule has 1 rings (SSSR count). The van der Waals surface area contributed by atoms with E-state index in [4.69, 9.17) is 4.74 Å². The second kappa shape index (κ2) is 5.00.